The van der Waals surface area contributed by atoms with Crippen molar-refractivity contribution in [1.82, 2.24) is 14.3 Å². The monoisotopic (exact) mass is 381 g/mol. The van der Waals surface area contributed by atoms with Crippen LogP contribution in [0.3, 0.4) is 0 Å². The zero-order valence-electron chi connectivity index (χ0n) is 17.3. The first-order valence-electron chi connectivity index (χ1n) is 9.78. The molecular weight excluding hydrogens is 346 g/mol. The first-order valence-corrected chi connectivity index (χ1v) is 13.5. The highest BCUT2D eigenvalue weighted by molar-refractivity contribution is 6.76. The quantitative estimate of drug-likeness (QED) is 0.509. The van der Waals surface area contributed by atoms with Gasteiger partial charge >= 0.3 is 5.69 Å². The Bertz CT molecular complexity index is 675. The molecule has 1 saturated carbocycles. The molecule has 1 aromatic rings. The minimum absolute atomic E-state index is 0.0199. The van der Waals surface area contributed by atoms with Crippen LogP contribution >= 0.6 is 0 Å². The van der Waals surface area contributed by atoms with Crippen molar-refractivity contribution in [3.05, 3.63) is 16.3 Å². The van der Waals surface area contributed by atoms with E-state index in [1.165, 1.54) is 4.68 Å². The Labute approximate surface area is 157 Å². The summed E-state index contributed by atoms with van der Waals surface area (Å²) in [5.41, 5.74) is -0.117. The Balaban J connectivity index is 2.12. The number of hydrogen-bond donors (Lipinski definition) is 0. The maximum Gasteiger partial charge on any atom is 0.348 e. The van der Waals surface area contributed by atoms with Gasteiger partial charge in [-0.1, -0.05) is 40.4 Å². The van der Waals surface area contributed by atoms with Crippen molar-refractivity contribution in [2.24, 2.45) is 5.41 Å². The normalized spacial score (nSPS) is 17.9. The molecule has 1 heterocycles. The van der Waals surface area contributed by atoms with Crippen molar-refractivity contribution in [1.29, 1.82) is 0 Å². The van der Waals surface area contributed by atoms with E-state index in [0.29, 0.717) is 31.8 Å². The molecule has 0 atom stereocenters. The lowest BCUT2D eigenvalue weighted by Gasteiger charge is -2.33. The SMILES string of the molecule is CC(C)c1nn(COCC[Si](C)(C)C)c(=O)n1CC1(C)CCC(=O)CC1. The van der Waals surface area contributed by atoms with Crippen LogP contribution in [0.1, 0.15) is 58.2 Å². The Morgan fingerprint density at radius 3 is 2.35 bits per heavy atom. The summed E-state index contributed by atoms with van der Waals surface area (Å²) < 4.78 is 8.99. The molecule has 1 aliphatic rings. The molecular formula is C19H35N3O3Si. The molecule has 0 unspecified atom stereocenters. The fraction of sp³-hybridized carbons (Fsp3) is 0.842. The Kier molecular flexibility index (Phi) is 6.66. The lowest BCUT2D eigenvalue weighted by molar-refractivity contribution is -0.122. The number of hydrogen-bond acceptors (Lipinski definition) is 4. The number of carbonyl (C=O) groups excluding carboxylic acids is 1. The number of ether oxygens (including phenoxy) is 1. The fourth-order valence-electron chi connectivity index (χ4n) is 3.32. The third kappa shape index (κ3) is 5.64. The molecule has 1 aromatic heterocycles. The first kappa shape index (κ1) is 21.1. The van der Waals surface area contributed by atoms with Crippen LogP contribution in [0.5, 0.6) is 0 Å². The molecule has 0 aromatic carbocycles. The lowest BCUT2D eigenvalue weighted by Crippen LogP contribution is -2.35. The van der Waals surface area contributed by atoms with Crippen LogP contribution in [0.2, 0.25) is 25.7 Å². The van der Waals surface area contributed by atoms with Gasteiger partial charge in [-0.05, 0) is 24.3 Å². The second kappa shape index (κ2) is 8.21. The minimum atomic E-state index is -1.14. The van der Waals surface area contributed by atoms with Crippen LogP contribution < -0.4 is 5.69 Å². The van der Waals surface area contributed by atoms with E-state index in [1.54, 1.807) is 0 Å². The molecule has 0 amide bonds. The highest BCUT2D eigenvalue weighted by atomic mass is 28.3. The molecule has 6 nitrogen and oxygen atoms in total. The molecule has 0 spiro atoms. The van der Waals surface area contributed by atoms with E-state index in [9.17, 15) is 9.59 Å². The summed E-state index contributed by atoms with van der Waals surface area (Å²) in [5.74, 6) is 1.31. The number of rotatable bonds is 8. The van der Waals surface area contributed by atoms with E-state index in [-0.39, 0.29) is 23.8 Å². The maximum absolute atomic E-state index is 12.9. The zero-order chi connectivity index (χ0) is 19.5. The van der Waals surface area contributed by atoms with Gasteiger partial charge in [0.05, 0.1) is 0 Å². The predicted molar refractivity (Wildman–Crippen MR) is 106 cm³/mol. The molecule has 26 heavy (non-hydrogen) atoms. The van der Waals surface area contributed by atoms with Gasteiger partial charge < -0.3 is 4.74 Å². The topological polar surface area (TPSA) is 66.1 Å². The van der Waals surface area contributed by atoms with Crippen LogP contribution in [0, 0.1) is 5.41 Å². The van der Waals surface area contributed by atoms with Crippen molar-refractivity contribution >= 4 is 13.9 Å². The van der Waals surface area contributed by atoms with E-state index in [1.807, 2.05) is 4.57 Å². The molecule has 0 aliphatic heterocycles. The maximum atomic E-state index is 12.9. The van der Waals surface area contributed by atoms with Gasteiger partial charge in [0.2, 0.25) is 0 Å². The molecule has 2 rings (SSSR count). The summed E-state index contributed by atoms with van der Waals surface area (Å²) in [4.78, 5) is 24.5. The number of nitrogens with zero attached hydrogens (tertiary/aromatic N) is 3. The second-order valence-electron chi connectivity index (χ2n) is 9.58. The number of ketones is 1. The van der Waals surface area contributed by atoms with Crippen LogP contribution in [0.25, 0.3) is 0 Å². The standard InChI is InChI=1S/C19H35N3O3Si/c1-15(2)17-20-22(14-25-11-12-26(4,5)6)18(24)21(17)13-19(3)9-7-16(23)8-10-19/h15H,7-14H2,1-6H3. The summed E-state index contributed by atoms with van der Waals surface area (Å²) in [5, 5.41) is 4.54. The lowest BCUT2D eigenvalue weighted by atomic mass is 9.75. The van der Waals surface area contributed by atoms with Gasteiger partial charge in [-0.25, -0.2) is 4.79 Å². The van der Waals surface area contributed by atoms with Crippen molar-refractivity contribution in [2.75, 3.05) is 6.61 Å². The highest BCUT2D eigenvalue weighted by Crippen LogP contribution is 2.36. The Morgan fingerprint density at radius 1 is 1.19 bits per heavy atom. The molecule has 0 radical (unpaired) electrons. The molecule has 0 saturated heterocycles. The second-order valence-corrected chi connectivity index (χ2v) is 15.2. The molecule has 0 bridgehead atoms. The summed E-state index contributed by atoms with van der Waals surface area (Å²) in [6.07, 6.45) is 2.92. The number of carbonyl (C=O) groups is 1. The Morgan fingerprint density at radius 2 is 1.81 bits per heavy atom. The van der Waals surface area contributed by atoms with E-state index in [0.717, 1.165) is 24.7 Å². The smallest absolute Gasteiger partial charge is 0.348 e. The van der Waals surface area contributed by atoms with Gasteiger partial charge in [-0.3, -0.25) is 9.36 Å². The average Bonchev–Trinajstić information content (AvgIpc) is 2.83. The van der Waals surface area contributed by atoms with Gasteiger partial charge in [0.25, 0.3) is 0 Å². The summed E-state index contributed by atoms with van der Waals surface area (Å²) in [6, 6.07) is 1.07. The summed E-state index contributed by atoms with van der Waals surface area (Å²) in [7, 11) is -1.14. The van der Waals surface area contributed by atoms with E-state index < -0.39 is 8.07 Å². The largest absolute Gasteiger partial charge is 0.359 e. The van der Waals surface area contributed by atoms with Crippen molar-refractivity contribution < 1.29 is 9.53 Å². The van der Waals surface area contributed by atoms with Crippen LogP contribution in [0.4, 0.5) is 0 Å². The molecule has 1 aliphatic carbocycles. The fourth-order valence-corrected chi connectivity index (χ4v) is 4.08. The van der Waals surface area contributed by atoms with Crippen LogP contribution in [-0.4, -0.2) is 34.8 Å². The predicted octanol–water partition coefficient (Wildman–Crippen LogP) is 3.63. The summed E-state index contributed by atoms with van der Waals surface area (Å²) >= 11 is 0. The van der Waals surface area contributed by atoms with E-state index in [4.69, 9.17) is 4.74 Å². The first-order chi connectivity index (χ1) is 12.0. The number of aromatic nitrogens is 3. The van der Waals surface area contributed by atoms with Crippen molar-refractivity contribution in [3.63, 3.8) is 0 Å². The summed E-state index contributed by atoms with van der Waals surface area (Å²) in [6.45, 7) is 14.7. The van der Waals surface area contributed by atoms with Gasteiger partial charge in [-0.2, -0.15) is 9.78 Å². The van der Waals surface area contributed by atoms with Gasteiger partial charge in [0.15, 0.2) is 0 Å². The van der Waals surface area contributed by atoms with Crippen LogP contribution in [0.15, 0.2) is 4.79 Å². The number of Topliss-reactive ketones (excluding diaryl/α,β-unsaturated/α-hetero) is 1. The molecule has 0 N–H and O–H groups in total. The third-order valence-electron chi connectivity index (χ3n) is 5.23. The van der Waals surface area contributed by atoms with Crippen molar-refractivity contribution in [2.45, 2.75) is 91.3 Å². The van der Waals surface area contributed by atoms with Crippen LogP contribution in [-0.2, 0) is 22.8 Å². The minimum Gasteiger partial charge on any atom is -0.359 e. The van der Waals surface area contributed by atoms with Gasteiger partial charge in [0, 0.05) is 40.0 Å². The molecule has 1 fully saturated rings. The Hall–Kier alpha value is -1.21. The van der Waals surface area contributed by atoms with Gasteiger partial charge in [0.1, 0.15) is 18.3 Å². The average molecular weight is 382 g/mol. The third-order valence-corrected chi connectivity index (χ3v) is 6.94. The van der Waals surface area contributed by atoms with E-state index in [2.05, 4.69) is 45.5 Å². The highest BCUT2D eigenvalue weighted by Gasteiger charge is 2.32. The molecule has 7 heteroatoms. The van der Waals surface area contributed by atoms with Crippen molar-refractivity contribution in [3.8, 4) is 0 Å². The zero-order valence-corrected chi connectivity index (χ0v) is 18.3. The van der Waals surface area contributed by atoms with Gasteiger partial charge in [-0.15, -0.1) is 0 Å². The van der Waals surface area contributed by atoms with E-state index >= 15 is 0 Å². The molecule has 148 valence electrons.